The minimum atomic E-state index is -4.40. The Labute approximate surface area is 226 Å². The Morgan fingerprint density at radius 3 is 2.54 bits per heavy atom. The number of nitrogens with zero attached hydrogens (tertiary/aromatic N) is 1. The number of carbonyl (C=O) groups excluding carboxylic acids is 1. The van der Waals surface area contributed by atoms with Gasteiger partial charge < -0.3 is 20.3 Å². The van der Waals surface area contributed by atoms with Crippen LogP contribution in [0.2, 0.25) is 0 Å². The van der Waals surface area contributed by atoms with Crippen molar-refractivity contribution < 1.29 is 23.1 Å². The van der Waals surface area contributed by atoms with Crippen molar-refractivity contribution >= 4 is 5.91 Å². The molecule has 2 aliphatic carbocycles. The van der Waals surface area contributed by atoms with Crippen molar-refractivity contribution in [2.75, 3.05) is 6.54 Å². The summed E-state index contributed by atoms with van der Waals surface area (Å²) in [6.07, 6.45) is -1.73. The normalized spacial score (nSPS) is 25.6. The lowest BCUT2D eigenvalue weighted by Crippen LogP contribution is -2.73. The summed E-state index contributed by atoms with van der Waals surface area (Å²) >= 11 is 0. The number of H-pyrrole nitrogens is 1. The molecular weight excluding hydrogens is 503 g/mol. The molecule has 39 heavy (non-hydrogen) atoms. The fraction of sp³-hybridized carbons (Fsp3) is 0.452. The molecule has 1 aromatic heterocycles. The van der Waals surface area contributed by atoms with Crippen LogP contribution >= 0.6 is 0 Å². The Balaban J connectivity index is 1.34. The molecule has 0 radical (unpaired) electrons. The van der Waals surface area contributed by atoms with Gasteiger partial charge >= 0.3 is 6.18 Å². The fourth-order valence-electron chi connectivity index (χ4n) is 7.30. The average Bonchev–Trinajstić information content (AvgIpc) is 3.19. The first-order valence-electron chi connectivity index (χ1n) is 13.7. The number of hydrogen-bond acceptors (Lipinski definition) is 3. The summed E-state index contributed by atoms with van der Waals surface area (Å²) in [5.74, 6) is -0.189. The van der Waals surface area contributed by atoms with E-state index < -0.39 is 22.8 Å². The summed E-state index contributed by atoms with van der Waals surface area (Å²) in [7, 11) is 0. The Morgan fingerprint density at radius 1 is 1.13 bits per heavy atom. The second kappa shape index (κ2) is 8.96. The minimum absolute atomic E-state index is 0.0606. The van der Waals surface area contributed by atoms with Gasteiger partial charge in [-0.3, -0.25) is 4.79 Å². The number of hydrogen-bond donors (Lipinski definition) is 3. The highest BCUT2D eigenvalue weighted by atomic mass is 19.4. The molecule has 1 aliphatic heterocycles. The molecule has 3 atom stereocenters. The highest BCUT2D eigenvalue weighted by molar-refractivity contribution is 5.95. The van der Waals surface area contributed by atoms with Crippen molar-refractivity contribution in [3.8, 4) is 0 Å². The molecule has 0 saturated carbocycles. The van der Waals surface area contributed by atoms with Crippen LogP contribution in [0.25, 0.3) is 0 Å². The third-order valence-corrected chi connectivity index (χ3v) is 9.43. The third kappa shape index (κ3) is 3.94. The van der Waals surface area contributed by atoms with Crippen LogP contribution in [-0.2, 0) is 37.4 Å². The van der Waals surface area contributed by atoms with Gasteiger partial charge in [-0.1, -0.05) is 36.4 Å². The lowest BCUT2D eigenvalue weighted by Gasteiger charge is -2.60. The number of alkyl halides is 3. The van der Waals surface area contributed by atoms with E-state index in [1.165, 1.54) is 23.3 Å². The van der Waals surface area contributed by atoms with Crippen LogP contribution in [0.1, 0.15) is 69.8 Å². The molecule has 0 unspecified atom stereocenters. The summed E-state index contributed by atoms with van der Waals surface area (Å²) in [6.45, 7) is 6.77. The number of nitrogens with one attached hydrogen (secondary N) is 2. The summed E-state index contributed by atoms with van der Waals surface area (Å²) in [5, 5.41) is 15.9. The maximum atomic E-state index is 13.9. The zero-order valence-corrected chi connectivity index (χ0v) is 22.5. The smallest absolute Gasteiger partial charge is 0.387 e. The zero-order chi connectivity index (χ0) is 27.7. The van der Waals surface area contributed by atoms with Gasteiger partial charge in [-0.05, 0) is 80.1 Å². The van der Waals surface area contributed by atoms with Gasteiger partial charge in [-0.15, -0.1) is 0 Å². The molecule has 1 saturated heterocycles. The van der Waals surface area contributed by atoms with Crippen LogP contribution in [-0.4, -0.2) is 45.1 Å². The molecule has 8 heteroatoms. The molecule has 1 amide bonds. The Morgan fingerprint density at radius 2 is 1.85 bits per heavy atom. The molecule has 1 fully saturated rings. The predicted octanol–water partition coefficient (Wildman–Crippen LogP) is 5.08. The summed E-state index contributed by atoms with van der Waals surface area (Å²) in [5.41, 5.74) is 4.35. The van der Waals surface area contributed by atoms with Crippen molar-refractivity contribution in [1.29, 1.82) is 0 Å². The Bertz CT molecular complexity index is 1430. The molecule has 3 aliphatic rings. The topological polar surface area (TPSA) is 68.4 Å². The highest BCUT2D eigenvalue weighted by Crippen LogP contribution is 2.55. The summed E-state index contributed by atoms with van der Waals surface area (Å²) < 4.78 is 39.1. The number of aliphatic hydroxyl groups is 1. The van der Waals surface area contributed by atoms with Crippen LogP contribution in [0.4, 0.5) is 13.2 Å². The lowest BCUT2D eigenvalue weighted by atomic mass is 9.50. The first kappa shape index (κ1) is 26.1. The van der Waals surface area contributed by atoms with Crippen LogP contribution in [0.15, 0.2) is 48.5 Å². The molecule has 6 rings (SSSR count). The largest absolute Gasteiger partial charge is 0.416 e. The first-order valence-corrected chi connectivity index (χ1v) is 13.7. The third-order valence-electron chi connectivity index (χ3n) is 9.43. The molecule has 2 heterocycles. The molecule has 3 aromatic rings. The number of benzene rings is 2. The van der Waals surface area contributed by atoms with Crippen LogP contribution in [0.5, 0.6) is 0 Å². The van der Waals surface area contributed by atoms with Gasteiger partial charge in [0.05, 0.1) is 11.2 Å². The fourth-order valence-corrected chi connectivity index (χ4v) is 7.30. The van der Waals surface area contributed by atoms with Gasteiger partial charge in [-0.25, -0.2) is 0 Å². The van der Waals surface area contributed by atoms with E-state index in [0.717, 1.165) is 48.3 Å². The molecule has 0 spiro atoms. The molecule has 206 valence electrons. The van der Waals surface area contributed by atoms with Gasteiger partial charge in [0.25, 0.3) is 5.91 Å². The molecule has 3 N–H and O–H groups in total. The van der Waals surface area contributed by atoms with Crippen molar-refractivity contribution in [2.45, 2.75) is 82.3 Å². The van der Waals surface area contributed by atoms with Gasteiger partial charge in [0.1, 0.15) is 5.69 Å². The van der Waals surface area contributed by atoms with Crippen molar-refractivity contribution in [1.82, 2.24) is 15.2 Å². The number of aromatic amines is 1. The SMILES string of the molecule is Cc1c(C(=O)N(Cc2ccc(C(F)(F)F)cc2)C(C)C)[nH]c2c1C[C@@]1(O)[C@@H]3Cc4ccccc4[C@]1(CCN3)C2. The van der Waals surface area contributed by atoms with E-state index in [0.29, 0.717) is 24.1 Å². The van der Waals surface area contributed by atoms with E-state index in [-0.39, 0.29) is 24.5 Å². The van der Waals surface area contributed by atoms with E-state index in [4.69, 9.17) is 0 Å². The number of rotatable bonds is 4. The van der Waals surface area contributed by atoms with Crippen molar-refractivity contribution in [2.24, 2.45) is 0 Å². The van der Waals surface area contributed by atoms with E-state index >= 15 is 0 Å². The van der Waals surface area contributed by atoms with Gasteiger partial charge in [-0.2, -0.15) is 13.2 Å². The first-order chi connectivity index (χ1) is 18.4. The highest BCUT2D eigenvalue weighted by Gasteiger charge is 2.63. The van der Waals surface area contributed by atoms with E-state index in [2.05, 4.69) is 28.5 Å². The monoisotopic (exact) mass is 537 g/mol. The average molecular weight is 538 g/mol. The number of fused-ring (bicyclic) bond motifs is 2. The van der Waals surface area contributed by atoms with E-state index in [9.17, 15) is 23.1 Å². The summed E-state index contributed by atoms with van der Waals surface area (Å²) in [4.78, 5) is 19.1. The second-order valence-corrected chi connectivity index (χ2v) is 11.8. The number of carbonyl (C=O) groups is 1. The van der Waals surface area contributed by atoms with Crippen LogP contribution in [0.3, 0.4) is 0 Å². The van der Waals surface area contributed by atoms with Crippen molar-refractivity contribution in [3.63, 3.8) is 0 Å². The minimum Gasteiger partial charge on any atom is -0.387 e. The van der Waals surface area contributed by atoms with Crippen molar-refractivity contribution in [3.05, 3.63) is 93.3 Å². The number of aromatic nitrogens is 1. The van der Waals surface area contributed by atoms with Gasteiger partial charge in [0.15, 0.2) is 0 Å². The number of piperidine rings is 1. The molecule has 5 nitrogen and oxygen atoms in total. The summed E-state index contributed by atoms with van der Waals surface area (Å²) in [6, 6.07) is 13.2. The van der Waals surface area contributed by atoms with Gasteiger partial charge in [0.2, 0.25) is 0 Å². The lowest BCUT2D eigenvalue weighted by molar-refractivity contribution is -0.137. The van der Waals surface area contributed by atoms with Gasteiger partial charge in [0, 0.05) is 42.6 Å². The predicted molar refractivity (Wildman–Crippen MR) is 143 cm³/mol. The second-order valence-electron chi connectivity index (χ2n) is 11.8. The molecule has 2 aromatic carbocycles. The maximum Gasteiger partial charge on any atom is 0.416 e. The van der Waals surface area contributed by atoms with E-state index in [1.54, 1.807) is 4.90 Å². The molecule has 2 bridgehead atoms. The van der Waals surface area contributed by atoms with Crippen LogP contribution < -0.4 is 5.32 Å². The number of amides is 1. The molecular formula is C31H34F3N3O2. The Hall–Kier alpha value is -3.10. The Kier molecular flexibility index (Phi) is 6.01. The zero-order valence-electron chi connectivity index (χ0n) is 22.5. The van der Waals surface area contributed by atoms with E-state index in [1.807, 2.05) is 26.8 Å². The maximum absolute atomic E-state index is 13.9. The number of halogens is 3. The standard InChI is InChI=1S/C31H34F3N3O2/c1-18(2)37(17-20-8-10-22(11-9-20)31(32,33)34)28(38)27-19(3)23-15-30(39)26-14-21-6-4-5-7-24(21)29(30,12-13-35-26)16-25(23)36-27/h4-11,18,26,35-36,39H,12-17H2,1-3H3/t26-,29-,30+/m0/s1. The quantitative estimate of drug-likeness (QED) is 0.435. The van der Waals surface area contributed by atoms with Crippen LogP contribution in [0, 0.1) is 6.92 Å².